The molecule has 0 rings (SSSR count). The summed E-state index contributed by atoms with van der Waals surface area (Å²) in [6, 6.07) is 0. The Labute approximate surface area is 347 Å². The van der Waals surface area contributed by atoms with E-state index in [0.29, 0.717) is 19.3 Å². The van der Waals surface area contributed by atoms with Crippen molar-refractivity contribution >= 4 is 19.8 Å². The van der Waals surface area contributed by atoms with E-state index in [9.17, 15) is 19.3 Å². The van der Waals surface area contributed by atoms with E-state index in [2.05, 4.69) is 36.6 Å². The van der Waals surface area contributed by atoms with Gasteiger partial charge in [0.15, 0.2) is 6.10 Å². The lowest BCUT2D eigenvalue weighted by atomic mass is 10.0. The van der Waals surface area contributed by atoms with Crippen LogP contribution in [-0.4, -0.2) is 52.3 Å². The van der Waals surface area contributed by atoms with Gasteiger partial charge in [0.25, 0.3) is 0 Å². The minimum atomic E-state index is -4.79. The van der Waals surface area contributed by atoms with Gasteiger partial charge in [0.2, 0.25) is 0 Å². The smallest absolute Gasteiger partial charge is 0.462 e. The van der Waals surface area contributed by atoms with Gasteiger partial charge >= 0.3 is 19.8 Å². The van der Waals surface area contributed by atoms with Crippen LogP contribution in [0.4, 0.5) is 0 Å². The number of aliphatic hydroxyl groups is 1. The average molecular weight is 821 g/mol. The Bertz CT molecular complexity index is 1170. The number of ether oxygens (including phenoxy) is 2. The molecule has 0 saturated carbocycles. The van der Waals surface area contributed by atoms with E-state index >= 15 is 0 Å². The number of phosphoric ester groups is 1. The lowest BCUT2D eigenvalue weighted by Gasteiger charge is -2.18. The molecule has 0 aromatic heterocycles. The Kier molecular flexibility index (Phi) is 39.7. The highest BCUT2D eigenvalue weighted by Gasteiger charge is 2.22. The summed E-state index contributed by atoms with van der Waals surface area (Å²) >= 11 is 0. The molecule has 0 aliphatic rings. The molecule has 0 spiro atoms. The zero-order chi connectivity index (χ0) is 41.9. The second-order valence-electron chi connectivity index (χ2n) is 14.9. The summed E-state index contributed by atoms with van der Waals surface area (Å²) in [4.78, 5) is 42.9. The van der Waals surface area contributed by atoms with Crippen LogP contribution < -0.4 is 0 Å². The molecule has 1 unspecified atom stereocenters. The van der Waals surface area contributed by atoms with Crippen molar-refractivity contribution in [2.24, 2.45) is 0 Å². The van der Waals surface area contributed by atoms with Crippen LogP contribution in [0.2, 0.25) is 0 Å². The molecule has 0 saturated heterocycles. The molecule has 0 aromatic rings. The molecule has 0 heterocycles. The van der Waals surface area contributed by atoms with Crippen molar-refractivity contribution in [3.8, 4) is 0 Å². The normalized spacial score (nSPS) is 13.7. The van der Waals surface area contributed by atoms with Crippen LogP contribution in [0.5, 0.6) is 0 Å². The zero-order valence-corrected chi connectivity index (χ0v) is 36.7. The number of allylic oxidation sites excluding steroid dienone is 10. The van der Waals surface area contributed by atoms with Crippen LogP contribution in [0.3, 0.4) is 0 Å². The summed E-state index contributed by atoms with van der Waals surface area (Å²) in [5.74, 6) is -1.00. The van der Waals surface area contributed by atoms with Gasteiger partial charge in [0.05, 0.1) is 12.7 Å². The monoisotopic (exact) mass is 821 g/mol. The van der Waals surface area contributed by atoms with Gasteiger partial charge in [-0.2, -0.15) is 0 Å². The SMILES string of the molecule is CC/C=C\CC(O)/C=C/C=C/C/C=C\C/C=C\C/C=C\CCC(=O)O[C@H](COC(=O)CCCCCCCCCCCCCCCCCCCCC)COP(=O)(O)O. The van der Waals surface area contributed by atoms with E-state index in [1.807, 2.05) is 48.6 Å². The molecule has 0 aliphatic heterocycles. The predicted octanol–water partition coefficient (Wildman–Crippen LogP) is 12.8. The first kappa shape index (κ1) is 54.5. The minimum absolute atomic E-state index is 0.0697. The Balaban J connectivity index is 4.03. The Morgan fingerprint density at radius 2 is 1.05 bits per heavy atom. The molecule has 328 valence electrons. The van der Waals surface area contributed by atoms with Gasteiger partial charge in [-0.3, -0.25) is 14.1 Å². The number of phosphoric acid groups is 1. The van der Waals surface area contributed by atoms with Crippen molar-refractivity contribution < 1.29 is 43.0 Å². The maximum Gasteiger partial charge on any atom is 0.469 e. The van der Waals surface area contributed by atoms with Crippen molar-refractivity contribution in [1.82, 2.24) is 0 Å². The predicted molar refractivity (Wildman–Crippen MR) is 236 cm³/mol. The number of aliphatic hydroxyl groups excluding tert-OH is 1. The molecule has 0 amide bonds. The molecule has 2 atom stereocenters. The number of esters is 2. The van der Waals surface area contributed by atoms with Gasteiger partial charge in [-0.1, -0.05) is 202 Å². The Morgan fingerprint density at radius 1 is 0.561 bits per heavy atom. The fourth-order valence-electron chi connectivity index (χ4n) is 6.01. The topological polar surface area (TPSA) is 140 Å². The first-order valence-electron chi connectivity index (χ1n) is 22.3. The Morgan fingerprint density at radius 3 is 1.56 bits per heavy atom. The van der Waals surface area contributed by atoms with Crippen LogP contribution in [0.15, 0.2) is 72.9 Å². The highest BCUT2D eigenvalue weighted by Crippen LogP contribution is 2.36. The first-order chi connectivity index (χ1) is 27.7. The standard InChI is InChI=1S/C47H81O9P/c1-3-5-7-8-9-10-11-12-13-14-15-16-17-20-23-26-29-32-36-40-46(49)54-42-45(43-55-57(51,52)53)56-47(50)41-37-33-30-27-24-21-18-19-22-25-28-31-35-39-44(48)38-34-6-4-2/h6,19,21-22,24,28,30-31,33-35,39,44-45,48H,3-5,7-18,20,23,25-27,29,32,36-38,40-43H2,1-2H3,(H2,51,52,53)/b22-19-,24-21-,31-28+,33-30-,34-6-,39-35+/t44?,45-/m1/s1. The molecule has 0 radical (unpaired) electrons. The number of hydrogen-bond donors (Lipinski definition) is 3. The lowest BCUT2D eigenvalue weighted by Crippen LogP contribution is -2.29. The summed E-state index contributed by atoms with van der Waals surface area (Å²) in [5, 5.41) is 9.82. The van der Waals surface area contributed by atoms with Crippen molar-refractivity contribution in [1.29, 1.82) is 0 Å². The number of unbranched alkanes of at least 4 members (excludes halogenated alkanes) is 18. The average Bonchev–Trinajstić information content (AvgIpc) is 3.18. The van der Waals surface area contributed by atoms with Crippen LogP contribution in [0.25, 0.3) is 0 Å². The van der Waals surface area contributed by atoms with Crippen molar-refractivity contribution in [2.45, 2.75) is 199 Å². The van der Waals surface area contributed by atoms with Gasteiger partial charge in [-0.05, 0) is 44.9 Å². The molecule has 0 bridgehead atoms. The minimum Gasteiger partial charge on any atom is -0.462 e. The summed E-state index contributed by atoms with van der Waals surface area (Å²) in [6.07, 6.45) is 51.1. The maximum atomic E-state index is 12.4. The fraction of sp³-hybridized carbons (Fsp3) is 0.702. The van der Waals surface area contributed by atoms with Gasteiger partial charge < -0.3 is 24.4 Å². The third-order valence-electron chi connectivity index (χ3n) is 9.33. The zero-order valence-electron chi connectivity index (χ0n) is 35.8. The summed E-state index contributed by atoms with van der Waals surface area (Å²) in [5.41, 5.74) is 0. The van der Waals surface area contributed by atoms with Gasteiger partial charge in [0.1, 0.15) is 6.61 Å². The molecule has 0 fully saturated rings. The lowest BCUT2D eigenvalue weighted by molar-refractivity contribution is -0.161. The number of rotatable bonds is 40. The third kappa shape index (κ3) is 44.4. The van der Waals surface area contributed by atoms with E-state index in [0.717, 1.165) is 44.9 Å². The number of carbonyl (C=O) groups is 2. The molecule has 57 heavy (non-hydrogen) atoms. The van der Waals surface area contributed by atoms with E-state index in [4.69, 9.17) is 19.3 Å². The highest BCUT2D eigenvalue weighted by atomic mass is 31.2. The van der Waals surface area contributed by atoms with Crippen LogP contribution in [-0.2, 0) is 28.2 Å². The molecule has 0 aliphatic carbocycles. The molecular formula is C47H81O9P. The van der Waals surface area contributed by atoms with Gasteiger partial charge in [-0.15, -0.1) is 0 Å². The largest absolute Gasteiger partial charge is 0.469 e. The van der Waals surface area contributed by atoms with Crippen LogP contribution >= 0.6 is 7.82 Å². The Hall–Kier alpha value is -2.55. The summed E-state index contributed by atoms with van der Waals surface area (Å²) in [7, 11) is -4.79. The third-order valence-corrected chi connectivity index (χ3v) is 9.82. The number of carbonyl (C=O) groups excluding carboxylic acids is 2. The van der Waals surface area contributed by atoms with Crippen molar-refractivity contribution in [3.05, 3.63) is 72.9 Å². The van der Waals surface area contributed by atoms with Crippen molar-refractivity contribution in [2.75, 3.05) is 13.2 Å². The van der Waals surface area contributed by atoms with E-state index in [1.54, 1.807) is 6.08 Å². The quantitative estimate of drug-likeness (QED) is 0.0181. The molecule has 10 heteroatoms. The molecular weight excluding hydrogens is 739 g/mol. The number of hydrogen-bond acceptors (Lipinski definition) is 7. The molecule has 0 aromatic carbocycles. The van der Waals surface area contributed by atoms with E-state index in [1.165, 1.54) is 96.3 Å². The fourth-order valence-corrected chi connectivity index (χ4v) is 6.37. The second kappa shape index (κ2) is 41.6. The first-order valence-corrected chi connectivity index (χ1v) is 23.9. The highest BCUT2D eigenvalue weighted by molar-refractivity contribution is 7.46. The maximum absolute atomic E-state index is 12.4. The summed E-state index contributed by atoms with van der Waals surface area (Å²) < 4.78 is 26.3. The van der Waals surface area contributed by atoms with Crippen LogP contribution in [0, 0.1) is 0 Å². The van der Waals surface area contributed by atoms with Crippen LogP contribution in [0.1, 0.15) is 187 Å². The molecule has 9 nitrogen and oxygen atoms in total. The van der Waals surface area contributed by atoms with E-state index in [-0.39, 0.29) is 19.4 Å². The van der Waals surface area contributed by atoms with E-state index < -0.39 is 38.6 Å². The van der Waals surface area contributed by atoms with Crippen molar-refractivity contribution in [3.63, 3.8) is 0 Å². The molecule has 3 N–H and O–H groups in total. The second-order valence-corrected chi connectivity index (χ2v) is 16.1. The summed E-state index contributed by atoms with van der Waals surface area (Å²) in [6.45, 7) is 3.43. The van der Waals surface area contributed by atoms with Gasteiger partial charge in [-0.25, -0.2) is 4.57 Å². The van der Waals surface area contributed by atoms with Gasteiger partial charge in [0, 0.05) is 12.8 Å².